The predicted octanol–water partition coefficient (Wildman–Crippen LogP) is 2.72. The van der Waals surface area contributed by atoms with Crippen molar-refractivity contribution in [3.63, 3.8) is 0 Å². The maximum absolute atomic E-state index is 12.0. The Balaban J connectivity index is 0.000000583. The van der Waals surface area contributed by atoms with E-state index in [1.54, 1.807) is 0 Å². The maximum atomic E-state index is 12.0. The zero-order chi connectivity index (χ0) is 11.9. The van der Waals surface area contributed by atoms with E-state index in [4.69, 9.17) is 4.79 Å². The molecule has 0 amide bonds. The lowest BCUT2D eigenvalue weighted by atomic mass is 10.1. The van der Waals surface area contributed by atoms with Crippen molar-refractivity contribution in [3.8, 4) is 0 Å². The zero-order valence-electron chi connectivity index (χ0n) is 7.91. The highest BCUT2D eigenvalue weighted by atomic mass is 19.4. The van der Waals surface area contributed by atoms with Gasteiger partial charge in [-0.1, -0.05) is 12.1 Å². The molecule has 0 heterocycles. The number of halogens is 3. The molecule has 0 saturated carbocycles. The summed E-state index contributed by atoms with van der Waals surface area (Å²) in [7, 11) is 0. The van der Waals surface area contributed by atoms with Gasteiger partial charge >= 0.3 is 6.18 Å². The Morgan fingerprint density at radius 3 is 2.13 bits per heavy atom. The first-order valence-electron chi connectivity index (χ1n) is 3.98. The molecule has 1 aromatic carbocycles. The quantitative estimate of drug-likeness (QED) is 0.679. The van der Waals surface area contributed by atoms with Crippen molar-refractivity contribution in [1.29, 1.82) is 0 Å². The van der Waals surface area contributed by atoms with E-state index in [0.717, 1.165) is 18.4 Å². The molecular weight excluding hydrogens is 209 g/mol. The molecule has 0 radical (unpaired) electrons. The molecule has 82 valence electrons. The maximum Gasteiger partial charge on any atom is 0.416 e. The van der Waals surface area contributed by atoms with Gasteiger partial charge in [-0.05, 0) is 19.1 Å². The number of hydrogen-bond acceptors (Lipinski definition) is 2. The Kier molecular flexibility index (Phi) is 5.30. The van der Waals surface area contributed by atoms with Crippen LogP contribution in [0, 0.1) is 0 Å². The van der Waals surface area contributed by atoms with Gasteiger partial charge in [0.2, 0.25) is 0 Å². The number of carbonyl (C=O) groups is 2. The van der Waals surface area contributed by atoms with Crippen LogP contribution in [0.1, 0.15) is 22.8 Å². The van der Waals surface area contributed by atoms with E-state index >= 15 is 0 Å². The van der Waals surface area contributed by atoms with Gasteiger partial charge in [-0.2, -0.15) is 13.2 Å². The predicted molar refractivity (Wildman–Crippen MR) is 48.6 cm³/mol. The number of rotatable bonds is 1. The highest BCUT2D eigenvalue weighted by molar-refractivity contribution is 5.74. The molecule has 0 unspecified atom stereocenters. The third kappa shape index (κ3) is 4.95. The largest absolute Gasteiger partial charge is 0.416 e. The van der Waals surface area contributed by atoms with Gasteiger partial charge in [-0.25, -0.2) is 0 Å². The minimum absolute atomic E-state index is 0.0322. The molecule has 0 aliphatic heterocycles. The van der Waals surface area contributed by atoms with Gasteiger partial charge in [-0.3, -0.25) is 4.79 Å². The first-order chi connectivity index (χ1) is 6.95. The molecule has 5 heteroatoms. The monoisotopic (exact) mass is 218 g/mol. The van der Waals surface area contributed by atoms with E-state index in [-0.39, 0.29) is 5.56 Å². The van der Waals surface area contributed by atoms with E-state index in [9.17, 15) is 18.0 Å². The van der Waals surface area contributed by atoms with E-state index in [2.05, 4.69) is 0 Å². The van der Waals surface area contributed by atoms with Crippen molar-refractivity contribution < 1.29 is 22.8 Å². The Morgan fingerprint density at radius 1 is 1.20 bits per heavy atom. The van der Waals surface area contributed by atoms with Crippen molar-refractivity contribution in [1.82, 2.24) is 0 Å². The minimum atomic E-state index is -4.38. The first-order valence-corrected chi connectivity index (χ1v) is 3.98. The molecule has 0 spiro atoms. The number of benzene rings is 1. The van der Waals surface area contributed by atoms with Gasteiger partial charge in [0.25, 0.3) is 0 Å². The third-order valence-electron chi connectivity index (χ3n) is 1.35. The SMILES string of the molecule is CC=O.O=Cc1cccc(C(F)(F)F)c1. The second-order valence-corrected chi connectivity index (χ2v) is 2.48. The van der Waals surface area contributed by atoms with E-state index < -0.39 is 11.7 Å². The first kappa shape index (κ1) is 13.4. The third-order valence-corrected chi connectivity index (χ3v) is 1.35. The minimum Gasteiger partial charge on any atom is -0.304 e. The summed E-state index contributed by atoms with van der Waals surface area (Å²) in [6.07, 6.45) is -3.24. The van der Waals surface area contributed by atoms with Crippen LogP contribution in [0.2, 0.25) is 0 Å². The van der Waals surface area contributed by atoms with Gasteiger partial charge in [-0.15, -0.1) is 0 Å². The van der Waals surface area contributed by atoms with Crippen LogP contribution in [0.5, 0.6) is 0 Å². The molecule has 1 aromatic rings. The van der Waals surface area contributed by atoms with Crippen LogP contribution in [0.25, 0.3) is 0 Å². The van der Waals surface area contributed by atoms with Crippen molar-refractivity contribution in [2.24, 2.45) is 0 Å². The Morgan fingerprint density at radius 2 is 1.73 bits per heavy atom. The topological polar surface area (TPSA) is 34.1 Å². The van der Waals surface area contributed by atoms with E-state index in [0.29, 0.717) is 6.29 Å². The Hall–Kier alpha value is -1.65. The van der Waals surface area contributed by atoms with Crippen molar-refractivity contribution in [2.75, 3.05) is 0 Å². The van der Waals surface area contributed by atoms with Crippen molar-refractivity contribution in [2.45, 2.75) is 13.1 Å². The Labute approximate surface area is 84.7 Å². The summed E-state index contributed by atoms with van der Waals surface area (Å²) in [5.74, 6) is 0. The molecule has 2 nitrogen and oxygen atoms in total. The van der Waals surface area contributed by atoms with Crippen LogP contribution in [0.15, 0.2) is 24.3 Å². The van der Waals surface area contributed by atoms with Crippen LogP contribution in [-0.2, 0) is 11.0 Å². The molecule has 0 atom stereocenters. The second kappa shape index (κ2) is 5.95. The molecule has 0 saturated heterocycles. The molecule has 0 bridgehead atoms. The summed E-state index contributed by atoms with van der Waals surface area (Å²) in [5.41, 5.74) is -0.767. The zero-order valence-corrected chi connectivity index (χ0v) is 7.91. The summed E-state index contributed by atoms with van der Waals surface area (Å²) in [6, 6.07) is 4.26. The number of alkyl halides is 3. The van der Waals surface area contributed by atoms with Crippen LogP contribution >= 0.6 is 0 Å². The van der Waals surface area contributed by atoms with Gasteiger partial charge in [0.15, 0.2) is 0 Å². The number of hydrogen-bond donors (Lipinski definition) is 0. The van der Waals surface area contributed by atoms with Gasteiger partial charge in [0, 0.05) is 5.56 Å². The average molecular weight is 218 g/mol. The number of carbonyl (C=O) groups excluding carboxylic acids is 2. The van der Waals surface area contributed by atoms with Gasteiger partial charge < -0.3 is 4.79 Å². The highest BCUT2D eigenvalue weighted by Crippen LogP contribution is 2.29. The second-order valence-electron chi connectivity index (χ2n) is 2.48. The van der Waals surface area contributed by atoms with Crippen LogP contribution in [-0.4, -0.2) is 12.6 Å². The fourth-order valence-corrected chi connectivity index (χ4v) is 0.788. The highest BCUT2D eigenvalue weighted by Gasteiger charge is 2.30. The lowest BCUT2D eigenvalue weighted by Crippen LogP contribution is -2.04. The van der Waals surface area contributed by atoms with E-state index in [1.807, 2.05) is 0 Å². The summed E-state index contributed by atoms with van der Waals surface area (Å²) in [6.45, 7) is 1.44. The fourth-order valence-electron chi connectivity index (χ4n) is 0.788. The fraction of sp³-hybridized carbons (Fsp3) is 0.200. The van der Waals surface area contributed by atoms with Crippen molar-refractivity contribution >= 4 is 12.6 Å². The van der Waals surface area contributed by atoms with Gasteiger partial charge in [0.1, 0.15) is 12.6 Å². The summed E-state index contributed by atoms with van der Waals surface area (Å²) < 4.78 is 36.0. The molecule has 0 N–H and O–H groups in total. The van der Waals surface area contributed by atoms with Crippen LogP contribution in [0.3, 0.4) is 0 Å². The standard InChI is InChI=1S/C8H5F3O.C2H4O/c9-8(10,11)7-3-1-2-6(4-7)5-12;1-2-3/h1-5H;2H,1H3. The summed E-state index contributed by atoms with van der Waals surface area (Å²) in [5, 5.41) is 0. The summed E-state index contributed by atoms with van der Waals surface area (Å²) >= 11 is 0. The Bertz CT molecular complexity index is 332. The molecule has 0 fully saturated rings. The van der Waals surface area contributed by atoms with E-state index in [1.165, 1.54) is 19.1 Å². The lowest BCUT2D eigenvalue weighted by molar-refractivity contribution is -0.137. The smallest absolute Gasteiger partial charge is 0.304 e. The summed E-state index contributed by atoms with van der Waals surface area (Å²) in [4.78, 5) is 18.9. The molecular formula is C10H9F3O2. The normalized spacial score (nSPS) is 9.87. The van der Waals surface area contributed by atoms with Crippen LogP contribution in [0.4, 0.5) is 13.2 Å². The molecule has 0 aromatic heterocycles. The lowest BCUT2D eigenvalue weighted by Gasteiger charge is -2.05. The molecule has 15 heavy (non-hydrogen) atoms. The van der Waals surface area contributed by atoms with Crippen LogP contribution < -0.4 is 0 Å². The molecule has 1 rings (SSSR count). The van der Waals surface area contributed by atoms with Crippen molar-refractivity contribution in [3.05, 3.63) is 35.4 Å². The molecule has 0 aliphatic carbocycles. The number of aldehydes is 2. The molecule has 0 aliphatic rings. The van der Waals surface area contributed by atoms with Gasteiger partial charge in [0.05, 0.1) is 5.56 Å². The average Bonchev–Trinajstić information content (AvgIpc) is 2.18.